The van der Waals surface area contributed by atoms with Crippen LogP contribution >= 0.6 is 0 Å². The van der Waals surface area contributed by atoms with E-state index in [1.54, 1.807) is 21.7 Å². The van der Waals surface area contributed by atoms with E-state index in [9.17, 15) is 24.0 Å². The number of aromatic nitrogens is 2. The molecule has 2 aliphatic carbocycles. The zero-order chi connectivity index (χ0) is 34.4. The molecular weight excluding hydrogens is 608 g/mol. The van der Waals surface area contributed by atoms with Gasteiger partial charge in [-0.1, -0.05) is 0 Å². The maximum atomic E-state index is 12.9. The average Bonchev–Trinajstić information content (AvgIpc) is 2.99. The number of anilines is 1. The van der Waals surface area contributed by atoms with E-state index in [-0.39, 0.29) is 56.1 Å². The molecule has 2 saturated carbocycles. The van der Waals surface area contributed by atoms with Crippen LogP contribution in [0.2, 0.25) is 0 Å². The normalized spacial score (nSPS) is 23.9. The van der Waals surface area contributed by atoms with Crippen LogP contribution in [0.3, 0.4) is 0 Å². The van der Waals surface area contributed by atoms with E-state index in [2.05, 4.69) is 20.9 Å². The number of carbonyl (C=O) groups is 4. The van der Waals surface area contributed by atoms with Gasteiger partial charge in [-0.2, -0.15) is 4.98 Å². The van der Waals surface area contributed by atoms with E-state index < -0.39 is 29.0 Å². The fourth-order valence-electron chi connectivity index (χ4n) is 6.61. The Bertz CT molecular complexity index is 1320. The Morgan fingerprint density at radius 2 is 1.47 bits per heavy atom. The molecule has 2 heterocycles. The van der Waals surface area contributed by atoms with E-state index in [0.29, 0.717) is 12.0 Å². The second-order valence-corrected chi connectivity index (χ2v) is 14.4. The van der Waals surface area contributed by atoms with Crippen molar-refractivity contribution in [1.29, 1.82) is 0 Å². The van der Waals surface area contributed by atoms with Gasteiger partial charge in [0.1, 0.15) is 11.4 Å². The standard InChI is InChI=1S/C32H52N8O7/c1-31(2,3)47-30(45)35-23-10-8-22(9-11-23)34-20-21-6-12-24(13-7-21)40-15-14-25(37-29(40)44)36-28(43)39-18-16-38(17-19-39)26(41)32(4,5)46-27(33)42/h14-15,21-24,34H,6-13,16-20H2,1-5H3,(H2,33,42)(H,35,45)(H,36,37,43,44)/t21?,22-,23-,24?. The maximum absolute atomic E-state index is 12.9. The first kappa shape index (κ1) is 36.0. The van der Waals surface area contributed by atoms with Crippen molar-refractivity contribution < 1.29 is 28.7 Å². The van der Waals surface area contributed by atoms with Crippen LogP contribution in [0.25, 0.3) is 0 Å². The molecule has 1 aromatic rings. The van der Waals surface area contributed by atoms with Crippen LogP contribution in [0.15, 0.2) is 17.1 Å². The first-order valence-electron chi connectivity index (χ1n) is 16.8. The molecule has 0 unspecified atom stereocenters. The van der Waals surface area contributed by atoms with Crippen molar-refractivity contribution >= 4 is 29.9 Å². The number of alkyl carbamates (subject to hydrolysis) is 1. The largest absolute Gasteiger partial charge is 0.444 e. The fraction of sp³-hybridized carbons (Fsp3) is 0.750. The second-order valence-electron chi connectivity index (χ2n) is 14.4. The van der Waals surface area contributed by atoms with Crippen molar-refractivity contribution in [2.75, 3.05) is 38.0 Å². The number of carbonyl (C=O) groups excluding carboxylic acids is 4. The zero-order valence-electron chi connectivity index (χ0n) is 28.4. The van der Waals surface area contributed by atoms with Gasteiger partial charge in [-0.15, -0.1) is 0 Å². The van der Waals surface area contributed by atoms with Crippen molar-refractivity contribution in [2.45, 2.75) is 115 Å². The molecule has 5 amide bonds. The van der Waals surface area contributed by atoms with Crippen molar-refractivity contribution in [2.24, 2.45) is 11.7 Å². The van der Waals surface area contributed by atoms with Gasteiger partial charge >= 0.3 is 23.9 Å². The summed E-state index contributed by atoms with van der Waals surface area (Å²) in [7, 11) is 0. The lowest BCUT2D eigenvalue weighted by Crippen LogP contribution is -2.56. The van der Waals surface area contributed by atoms with Crippen LogP contribution in [-0.2, 0) is 14.3 Å². The Hall–Kier alpha value is -3.88. The predicted molar refractivity (Wildman–Crippen MR) is 175 cm³/mol. The molecule has 47 heavy (non-hydrogen) atoms. The third kappa shape index (κ3) is 10.6. The van der Waals surface area contributed by atoms with Crippen LogP contribution in [0.5, 0.6) is 0 Å². The molecule has 4 rings (SSSR count). The molecule has 1 aromatic heterocycles. The summed E-state index contributed by atoms with van der Waals surface area (Å²) in [6.07, 6.45) is 8.02. The Morgan fingerprint density at radius 1 is 0.872 bits per heavy atom. The lowest BCUT2D eigenvalue weighted by atomic mass is 9.85. The summed E-state index contributed by atoms with van der Waals surface area (Å²) < 4.78 is 12.0. The molecule has 262 valence electrons. The Morgan fingerprint density at radius 3 is 2.04 bits per heavy atom. The highest BCUT2D eigenvalue weighted by atomic mass is 16.6. The molecular formula is C32H52N8O7. The topological polar surface area (TPSA) is 190 Å². The van der Waals surface area contributed by atoms with Gasteiger partial charge in [0, 0.05) is 50.5 Å². The molecule has 0 atom stereocenters. The highest BCUT2D eigenvalue weighted by Crippen LogP contribution is 2.31. The summed E-state index contributed by atoms with van der Waals surface area (Å²) in [5.41, 5.74) is 2.78. The zero-order valence-corrected chi connectivity index (χ0v) is 28.4. The number of hydrogen-bond donors (Lipinski definition) is 4. The summed E-state index contributed by atoms with van der Waals surface area (Å²) in [4.78, 5) is 68.8. The summed E-state index contributed by atoms with van der Waals surface area (Å²) >= 11 is 0. The Balaban J connectivity index is 1.15. The van der Waals surface area contributed by atoms with Gasteiger partial charge in [0.15, 0.2) is 5.60 Å². The molecule has 3 aliphatic rings. The third-order valence-electron chi connectivity index (χ3n) is 9.14. The lowest BCUT2D eigenvalue weighted by Gasteiger charge is -2.37. The number of nitrogens with two attached hydrogens (primary N) is 1. The van der Waals surface area contributed by atoms with Crippen molar-refractivity contribution in [3.8, 4) is 0 Å². The van der Waals surface area contributed by atoms with Gasteiger partial charge in [-0.25, -0.2) is 19.2 Å². The molecule has 1 saturated heterocycles. The SMILES string of the molecule is CC(C)(C)OC(=O)N[C@H]1CC[C@H](NCC2CCC(n3ccc(NC(=O)N4CCN(C(=O)C(C)(C)OC(N)=O)CC4)nc3=O)CC2)CC1. The number of ether oxygens (including phenoxy) is 2. The molecule has 5 N–H and O–H groups in total. The van der Waals surface area contributed by atoms with E-state index in [0.717, 1.165) is 57.9 Å². The summed E-state index contributed by atoms with van der Waals surface area (Å²) in [5.74, 6) is 0.337. The third-order valence-corrected chi connectivity index (χ3v) is 9.14. The number of nitrogens with one attached hydrogen (secondary N) is 3. The molecule has 15 nitrogen and oxygen atoms in total. The van der Waals surface area contributed by atoms with Crippen molar-refractivity contribution in [3.63, 3.8) is 0 Å². The minimum absolute atomic E-state index is 0.0683. The predicted octanol–water partition coefficient (Wildman–Crippen LogP) is 2.95. The van der Waals surface area contributed by atoms with E-state index in [1.165, 1.54) is 18.7 Å². The minimum Gasteiger partial charge on any atom is -0.444 e. The molecule has 0 aromatic carbocycles. The number of hydrogen-bond acceptors (Lipinski definition) is 9. The van der Waals surface area contributed by atoms with Crippen LogP contribution in [0.1, 0.15) is 92.0 Å². The van der Waals surface area contributed by atoms with Crippen LogP contribution in [0, 0.1) is 5.92 Å². The highest BCUT2D eigenvalue weighted by Gasteiger charge is 2.37. The first-order chi connectivity index (χ1) is 22.1. The number of nitrogens with zero attached hydrogens (tertiary/aromatic N) is 4. The van der Waals surface area contributed by atoms with E-state index in [1.807, 2.05) is 20.8 Å². The smallest absolute Gasteiger partial charge is 0.407 e. The minimum atomic E-state index is -1.40. The van der Waals surface area contributed by atoms with Gasteiger partial charge in [0.05, 0.1) is 0 Å². The molecule has 3 fully saturated rings. The molecule has 0 radical (unpaired) electrons. The molecule has 0 spiro atoms. The van der Waals surface area contributed by atoms with Gasteiger partial charge in [-0.05, 0) is 105 Å². The first-order valence-corrected chi connectivity index (χ1v) is 16.8. The van der Waals surface area contributed by atoms with E-state index in [4.69, 9.17) is 15.2 Å². The van der Waals surface area contributed by atoms with Gasteiger partial charge in [-0.3, -0.25) is 14.7 Å². The maximum Gasteiger partial charge on any atom is 0.407 e. The van der Waals surface area contributed by atoms with Crippen molar-refractivity contribution in [3.05, 3.63) is 22.7 Å². The average molecular weight is 661 g/mol. The summed E-state index contributed by atoms with van der Waals surface area (Å²) in [6, 6.07) is 1.90. The number of primary amides is 1. The van der Waals surface area contributed by atoms with Crippen LogP contribution < -0.4 is 27.4 Å². The number of urea groups is 1. The summed E-state index contributed by atoms with van der Waals surface area (Å²) in [5, 5.41) is 9.43. The van der Waals surface area contributed by atoms with Gasteiger partial charge < -0.3 is 35.6 Å². The van der Waals surface area contributed by atoms with Gasteiger partial charge in [0.2, 0.25) is 0 Å². The molecule has 0 bridgehead atoms. The fourth-order valence-corrected chi connectivity index (χ4v) is 6.61. The Kier molecular flexibility index (Phi) is 11.7. The van der Waals surface area contributed by atoms with Gasteiger partial charge in [0.25, 0.3) is 5.91 Å². The van der Waals surface area contributed by atoms with Crippen LogP contribution in [0.4, 0.5) is 20.2 Å². The van der Waals surface area contributed by atoms with Crippen LogP contribution in [-0.4, -0.2) is 99.5 Å². The second kappa shape index (κ2) is 15.3. The number of amides is 5. The summed E-state index contributed by atoms with van der Waals surface area (Å²) in [6.45, 7) is 10.5. The quantitative estimate of drug-likeness (QED) is 0.325. The molecule has 1 aliphatic heterocycles. The van der Waals surface area contributed by atoms with Crippen molar-refractivity contribution in [1.82, 2.24) is 30.0 Å². The molecule has 15 heteroatoms. The monoisotopic (exact) mass is 660 g/mol. The van der Waals surface area contributed by atoms with E-state index >= 15 is 0 Å². The number of piperazine rings is 1. The highest BCUT2D eigenvalue weighted by molar-refractivity contribution is 5.89. The Labute approximate surface area is 276 Å². The lowest BCUT2D eigenvalue weighted by molar-refractivity contribution is -0.149. The number of rotatable bonds is 8.